The highest BCUT2D eigenvalue weighted by Crippen LogP contribution is 2.48. The van der Waals surface area contributed by atoms with Crippen molar-refractivity contribution >= 4 is 11.4 Å². The topological polar surface area (TPSA) is 23.3 Å². The van der Waals surface area contributed by atoms with Crippen molar-refractivity contribution in [2.45, 2.75) is 51.4 Å². The summed E-state index contributed by atoms with van der Waals surface area (Å²) < 4.78 is 6.10. The molecular formula is C20H22NO. The van der Waals surface area contributed by atoms with E-state index < -0.39 is 0 Å². The summed E-state index contributed by atoms with van der Waals surface area (Å²) in [7, 11) is 0. The first-order valence-corrected chi connectivity index (χ1v) is 8.45. The van der Waals surface area contributed by atoms with Crippen molar-refractivity contribution in [1.82, 2.24) is 5.32 Å². The van der Waals surface area contributed by atoms with Gasteiger partial charge in [0.2, 0.25) is 0 Å². The fourth-order valence-electron chi connectivity index (χ4n) is 3.84. The summed E-state index contributed by atoms with van der Waals surface area (Å²) in [5, 5.41) is 4.95. The van der Waals surface area contributed by atoms with Crippen LogP contribution in [0.3, 0.4) is 0 Å². The molecule has 1 radical (unpaired) electrons. The maximum Gasteiger partial charge on any atom is 0.153 e. The molecular weight excluding hydrogens is 270 g/mol. The van der Waals surface area contributed by atoms with Crippen LogP contribution >= 0.6 is 0 Å². The van der Waals surface area contributed by atoms with E-state index in [-0.39, 0.29) is 0 Å². The van der Waals surface area contributed by atoms with Gasteiger partial charge in [0.1, 0.15) is 11.4 Å². The number of hydrogen-bond donors (Lipinski definition) is 0. The Morgan fingerprint density at radius 1 is 0.909 bits per heavy atom. The van der Waals surface area contributed by atoms with Crippen LogP contribution in [0, 0.1) is 6.92 Å². The minimum Gasteiger partial charge on any atom is -0.453 e. The molecule has 1 aliphatic carbocycles. The molecule has 113 valence electrons. The monoisotopic (exact) mass is 292 g/mol. The minimum atomic E-state index is 0.634. The van der Waals surface area contributed by atoms with Crippen LogP contribution in [-0.2, 0) is 0 Å². The van der Waals surface area contributed by atoms with Crippen LogP contribution < -0.4 is 10.1 Å². The maximum atomic E-state index is 6.10. The summed E-state index contributed by atoms with van der Waals surface area (Å²) in [5.74, 6) is 2.42. The first-order valence-electron chi connectivity index (χ1n) is 8.45. The number of fused-ring (bicyclic) bond motifs is 2. The van der Waals surface area contributed by atoms with Crippen molar-refractivity contribution in [2.24, 2.45) is 0 Å². The van der Waals surface area contributed by atoms with Crippen LogP contribution in [0.5, 0.6) is 11.5 Å². The second-order valence-electron chi connectivity index (χ2n) is 6.51. The van der Waals surface area contributed by atoms with E-state index >= 15 is 0 Å². The first kappa shape index (κ1) is 13.7. The van der Waals surface area contributed by atoms with E-state index in [1.54, 1.807) is 0 Å². The Hall–Kier alpha value is -1.96. The molecule has 0 saturated heterocycles. The molecule has 0 aromatic heterocycles. The van der Waals surface area contributed by atoms with E-state index in [9.17, 15) is 0 Å². The highest BCUT2D eigenvalue weighted by Gasteiger charge is 2.26. The zero-order valence-electron chi connectivity index (χ0n) is 13.1. The Bertz CT molecular complexity index is 684. The Morgan fingerprint density at radius 2 is 1.68 bits per heavy atom. The zero-order chi connectivity index (χ0) is 14.9. The van der Waals surface area contributed by atoms with Gasteiger partial charge in [-0.3, -0.25) is 0 Å². The third-order valence-corrected chi connectivity index (χ3v) is 4.98. The molecule has 22 heavy (non-hydrogen) atoms. The molecule has 1 heterocycles. The summed E-state index contributed by atoms with van der Waals surface area (Å²) >= 11 is 0. The summed E-state index contributed by atoms with van der Waals surface area (Å²) in [4.78, 5) is 0. The van der Waals surface area contributed by atoms with Crippen molar-refractivity contribution in [3.05, 3.63) is 47.5 Å². The first-order chi connectivity index (χ1) is 10.8. The van der Waals surface area contributed by atoms with Gasteiger partial charge in [-0.25, -0.2) is 5.32 Å². The van der Waals surface area contributed by atoms with Gasteiger partial charge < -0.3 is 4.74 Å². The number of aryl methyl sites for hydroxylation is 1. The molecule has 2 nitrogen and oxygen atoms in total. The molecule has 2 heteroatoms. The van der Waals surface area contributed by atoms with Crippen molar-refractivity contribution in [3.8, 4) is 11.5 Å². The molecule has 0 amide bonds. The van der Waals surface area contributed by atoms with Crippen LogP contribution in [0.2, 0.25) is 0 Å². The van der Waals surface area contributed by atoms with Gasteiger partial charge in [0.05, 0.1) is 0 Å². The molecule has 2 aromatic carbocycles. The van der Waals surface area contributed by atoms with Crippen molar-refractivity contribution < 1.29 is 4.74 Å². The van der Waals surface area contributed by atoms with E-state index in [0.717, 1.165) is 22.9 Å². The third kappa shape index (κ3) is 2.37. The lowest BCUT2D eigenvalue weighted by Gasteiger charge is -2.26. The zero-order valence-corrected chi connectivity index (χ0v) is 13.1. The molecule has 0 N–H and O–H groups in total. The molecule has 0 spiro atoms. The smallest absolute Gasteiger partial charge is 0.153 e. The molecule has 1 aliphatic heterocycles. The van der Waals surface area contributed by atoms with Crippen molar-refractivity contribution in [1.29, 1.82) is 0 Å². The van der Waals surface area contributed by atoms with Crippen molar-refractivity contribution in [2.75, 3.05) is 0 Å². The molecule has 1 saturated carbocycles. The summed E-state index contributed by atoms with van der Waals surface area (Å²) in [5.41, 5.74) is 4.81. The average molecular weight is 292 g/mol. The van der Waals surface area contributed by atoms with E-state index in [1.807, 2.05) is 24.3 Å². The molecule has 4 rings (SSSR count). The van der Waals surface area contributed by atoms with Gasteiger partial charge in [-0.2, -0.15) is 0 Å². The average Bonchev–Trinajstić information content (AvgIpc) is 2.82. The predicted molar refractivity (Wildman–Crippen MR) is 89.6 cm³/mol. The van der Waals surface area contributed by atoms with Crippen LogP contribution in [0.15, 0.2) is 36.4 Å². The lowest BCUT2D eigenvalue weighted by Crippen LogP contribution is -2.09. The number of rotatable bonds is 1. The summed E-state index contributed by atoms with van der Waals surface area (Å²) in [6.45, 7) is 2.22. The van der Waals surface area contributed by atoms with Gasteiger partial charge >= 0.3 is 0 Å². The standard InChI is InChI=1S/C20H22NO/c1-14-12-13-18-20(19(14)15-8-4-2-3-5-9-15)21-16-10-6-7-11-17(16)22-18/h6-7,10-13,15H,2-5,8-9H2,1H3. The molecule has 2 aliphatic rings. The Kier molecular flexibility index (Phi) is 3.53. The van der Waals surface area contributed by atoms with Gasteiger partial charge in [-0.05, 0) is 55.0 Å². The van der Waals surface area contributed by atoms with E-state index in [0.29, 0.717) is 5.92 Å². The second-order valence-corrected chi connectivity index (χ2v) is 6.51. The van der Waals surface area contributed by atoms with Crippen LogP contribution in [0.25, 0.3) is 0 Å². The van der Waals surface area contributed by atoms with Gasteiger partial charge in [0.15, 0.2) is 11.5 Å². The molecule has 1 fully saturated rings. The minimum absolute atomic E-state index is 0.634. The second kappa shape index (κ2) is 5.68. The number of para-hydroxylation sites is 2. The van der Waals surface area contributed by atoms with Crippen molar-refractivity contribution in [3.63, 3.8) is 0 Å². The molecule has 0 unspecified atom stereocenters. The SMILES string of the molecule is Cc1ccc2c(c1C1CCCCCC1)[N]c1ccccc1O2. The lowest BCUT2D eigenvalue weighted by molar-refractivity contribution is 0.467. The van der Waals surface area contributed by atoms with Gasteiger partial charge in [-0.15, -0.1) is 0 Å². The number of nitrogens with zero attached hydrogens (tertiary/aromatic N) is 1. The lowest BCUT2D eigenvalue weighted by atomic mass is 9.86. The Morgan fingerprint density at radius 3 is 2.50 bits per heavy atom. The Balaban J connectivity index is 1.77. The van der Waals surface area contributed by atoms with E-state index in [2.05, 4.69) is 19.1 Å². The van der Waals surface area contributed by atoms with E-state index in [4.69, 9.17) is 10.1 Å². The summed E-state index contributed by atoms with van der Waals surface area (Å²) in [6, 6.07) is 12.3. The van der Waals surface area contributed by atoms with E-state index in [1.165, 1.54) is 49.7 Å². The fraction of sp³-hybridized carbons (Fsp3) is 0.400. The molecule has 0 bridgehead atoms. The fourth-order valence-corrected chi connectivity index (χ4v) is 3.84. The third-order valence-electron chi connectivity index (χ3n) is 4.98. The number of benzene rings is 2. The predicted octanol–water partition coefficient (Wildman–Crippen LogP) is 6.11. The quantitative estimate of drug-likeness (QED) is 0.496. The summed E-state index contributed by atoms with van der Waals surface area (Å²) in [6.07, 6.45) is 8.00. The highest BCUT2D eigenvalue weighted by atomic mass is 16.5. The maximum absolute atomic E-state index is 6.10. The van der Waals surface area contributed by atoms with Gasteiger partial charge in [0.25, 0.3) is 0 Å². The highest BCUT2D eigenvalue weighted by molar-refractivity contribution is 5.72. The number of ether oxygens (including phenoxy) is 1. The normalized spacial score (nSPS) is 17.7. The van der Waals surface area contributed by atoms with Crippen LogP contribution in [0.1, 0.15) is 55.6 Å². The van der Waals surface area contributed by atoms with Crippen LogP contribution in [0.4, 0.5) is 11.4 Å². The largest absolute Gasteiger partial charge is 0.453 e. The molecule has 0 atom stereocenters. The van der Waals surface area contributed by atoms with Gasteiger partial charge in [0, 0.05) is 0 Å². The van der Waals surface area contributed by atoms with Crippen LogP contribution in [-0.4, -0.2) is 0 Å². The molecule has 2 aromatic rings. The number of hydrogen-bond acceptors (Lipinski definition) is 1. The van der Waals surface area contributed by atoms with Gasteiger partial charge in [-0.1, -0.05) is 43.9 Å². The Labute approximate surface area is 132 Å².